The standard InChI is InChI=1S/C12H23NO2S/c1-4-6-11(12(14)15-5-2)13-7-8-16-9-10(13)3/h10-11H,4-9H2,1-3H3. The minimum atomic E-state index is -0.0388. The Bertz CT molecular complexity index is 223. The van der Waals surface area contributed by atoms with Crippen LogP contribution in [-0.4, -0.2) is 47.6 Å². The van der Waals surface area contributed by atoms with Gasteiger partial charge >= 0.3 is 5.97 Å². The van der Waals surface area contributed by atoms with Crippen LogP contribution in [0, 0.1) is 0 Å². The highest BCUT2D eigenvalue weighted by molar-refractivity contribution is 7.99. The van der Waals surface area contributed by atoms with Crippen LogP contribution in [0.5, 0.6) is 0 Å². The van der Waals surface area contributed by atoms with Gasteiger partial charge in [0.2, 0.25) is 0 Å². The van der Waals surface area contributed by atoms with E-state index in [2.05, 4.69) is 18.7 Å². The molecule has 1 fully saturated rings. The van der Waals surface area contributed by atoms with Gasteiger partial charge in [-0.3, -0.25) is 9.69 Å². The average Bonchev–Trinajstić information content (AvgIpc) is 2.27. The Hall–Kier alpha value is -0.220. The second-order valence-electron chi connectivity index (χ2n) is 4.22. The molecule has 1 heterocycles. The van der Waals surface area contributed by atoms with Crippen molar-refractivity contribution in [1.82, 2.24) is 4.90 Å². The summed E-state index contributed by atoms with van der Waals surface area (Å²) in [7, 11) is 0. The summed E-state index contributed by atoms with van der Waals surface area (Å²) in [6, 6.07) is 0.459. The summed E-state index contributed by atoms with van der Waals surface area (Å²) < 4.78 is 5.17. The number of hydrogen-bond donors (Lipinski definition) is 0. The Morgan fingerprint density at radius 1 is 1.56 bits per heavy atom. The van der Waals surface area contributed by atoms with Gasteiger partial charge in [-0.25, -0.2) is 0 Å². The second kappa shape index (κ2) is 7.17. The molecule has 2 unspecified atom stereocenters. The molecule has 1 rings (SSSR count). The average molecular weight is 245 g/mol. The highest BCUT2D eigenvalue weighted by atomic mass is 32.2. The molecule has 1 aliphatic rings. The molecule has 0 radical (unpaired) electrons. The molecule has 0 amide bonds. The summed E-state index contributed by atoms with van der Waals surface area (Å²) in [6.07, 6.45) is 1.94. The fraction of sp³-hybridized carbons (Fsp3) is 0.917. The molecule has 0 bridgehead atoms. The maximum Gasteiger partial charge on any atom is 0.323 e. The van der Waals surface area contributed by atoms with Crippen LogP contribution < -0.4 is 0 Å². The van der Waals surface area contributed by atoms with Crippen molar-refractivity contribution in [2.45, 2.75) is 45.7 Å². The first kappa shape index (κ1) is 13.8. The van der Waals surface area contributed by atoms with E-state index >= 15 is 0 Å². The number of hydrogen-bond acceptors (Lipinski definition) is 4. The van der Waals surface area contributed by atoms with Gasteiger partial charge in [0.25, 0.3) is 0 Å². The monoisotopic (exact) mass is 245 g/mol. The van der Waals surface area contributed by atoms with E-state index in [9.17, 15) is 4.79 Å². The zero-order chi connectivity index (χ0) is 12.0. The lowest BCUT2D eigenvalue weighted by Crippen LogP contribution is -2.50. The van der Waals surface area contributed by atoms with Crippen LogP contribution in [0.4, 0.5) is 0 Å². The summed E-state index contributed by atoms with van der Waals surface area (Å²) >= 11 is 1.97. The molecule has 0 aliphatic carbocycles. The van der Waals surface area contributed by atoms with Crippen molar-refractivity contribution in [3.8, 4) is 0 Å². The van der Waals surface area contributed by atoms with Crippen LogP contribution >= 0.6 is 11.8 Å². The van der Waals surface area contributed by atoms with Crippen molar-refractivity contribution in [2.24, 2.45) is 0 Å². The molecular weight excluding hydrogens is 222 g/mol. The zero-order valence-electron chi connectivity index (χ0n) is 10.6. The van der Waals surface area contributed by atoms with Gasteiger partial charge in [0.05, 0.1) is 6.61 Å². The van der Waals surface area contributed by atoms with Crippen LogP contribution in [0.25, 0.3) is 0 Å². The van der Waals surface area contributed by atoms with Gasteiger partial charge in [-0.1, -0.05) is 13.3 Å². The maximum atomic E-state index is 11.9. The molecule has 16 heavy (non-hydrogen) atoms. The lowest BCUT2D eigenvalue weighted by molar-refractivity contribution is -0.150. The summed E-state index contributed by atoms with van der Waals surface area (Å²) in [5.74, 6) is 2.21. The first-order valence-electron chi connectivity index (χ1n) is 6.20. The predicted molar refractivity (Wildman–Crippen MR) is 68.8 cm³/mol. The maximum absolute atomic E-state index is 11.9. The summed E-state index contributed by atoms with van der Waals surface area (Å²) in [4.78, 5) is 14.2. The molecule has 0 saturated carbocycles. The van der Waals surface area contributed by atoms with Crippen LogP contribution in [-0.2, 0) is 9.53 Å². The quantitative estimate of drug-likeness (QED) is 0.694. The van der Waals surface area contributed by atoms with Crippen molar-refractivity contribution in [1.29, 1.82) is 0 Å². The van der Waals surface area contributed by atoms with Crippen LogP contribution in [0.2, 0.25) is 0 Å². The lowest BCUT2D eigenvalue weighted by atomic mass is 10.1. The summed E-state index contributed by atoms with van der Waals surface area (Å²) in [5, 5.41) is 0. The largest absolute Gasteiger partial charge is 0.465 e. The third-order valence-electron chi connectivity index (χ3n) is 2.94. The number of carbonyl (C=O) groups is 1. The van der Waals surface area contributed by atoms with E-state index in [0.29, 0.717) is 12.6 Å². The van der Waals surface area contributed by atoms with Gasteiger partial charge in [-0.2, -0.15) is 11.8 Å². The Morgan fingerprint density at radius 3 is 2.88 bits per heavy atom. The van der Waals surface area contributed by atoms with Gasteiger partial charge in [0.1, 0.15) is 6.04 Å². The smallest absolute Gasteiger partial charge is 0.323 e. The van der Waals surface area contributed by atoms with Gasteiger partial charge in [0, 0.05) is 24.1 Å². The molecule has 2 atom stereocenters. The minimum Gasteiger partial charge on any atom is -0.465 e. The molecule has 1 saturated heterocycles. The second-order valence-corrected chi connectivity index (χ2v) is 5.37. The molecule has 94 valence electrons. The molecule has 3 nitrogen and oxygen atoms in total. The van der Waals surface area contributed by atoms with Crippen LogP contribution in [0.15, 0.2) is 0 Å². The zero-order valence-corrected chi connectivity index (χ0v) is 11.4. The highest BCUT2D eigenvalue weighted by Crippen LogP contribution is 2.21. The third kappa shape index (κ3) is 3.67. The van der Waals surface area contributed by atoms with E-state index in [0.717, 1.165) is 30.9 Å². The van der Waals surface area contributed by atoms with Gasteiger partial charge in [0.15, 0.2) is 0 Å². The van der Waals surface area contributed by atoms with Crippen molar-refractivity contribution < 1.29 is 9.53 Å². The van der Waals surface area contributed by atoms with Gasteiger partial charge in [-0.15, -0.1) is 0 Å². The molecule has 4 heteroatoms. The Balaban J connectivity index is 2.63. The number of esters is 1. The summed E-state index contributed by atoms with van der Waals surface area (Å²) in [6.45, 7) is 7.69. The van der Waals surface area contributed by atoms with E-state index < -0.39 is 0 Å². The number of ether oxygens (including phenoxy) is 1. The first-order valence-corrected chi connectivity index (χ1v) is 7.36. The predicted octanol–water partition coefficient (Wildman–Crippen LogP) is 2.16. The highest BCUT2D eigenvalue weighted by Gasteiger charge is 2.31. The number of rotatable bonds is 5. The molecule has 0 aromatic carbocycles. The van der Waals surface area contributed by atoms with E-state index in [4.69, 9.17) is 4.74 Å². The Morgan fingerprint density at radius 2 is 2.31 bits per heavy atom. The fourth-order valence-electron chi connectivity index (χ4n) is 2.13. The molecular formula is C12H23NO2S. The number of thioether (sulfide) groups is 1. The van der Waals surface area contributed by atoms with E-state index in [1.54, 1.807) is 0 Å². The fourth-order valence-corrected chi connectivity index (χ4v) is 3.17. The minimum absolute atomic E-state index is 0.0270. The lowest BCUT2D eigenvalue weighted by Gasteiger charge is -2.37. The van der Waals surface area contributed by atoms with Gasteiger partial charge in [-0.05, 0) is 20.3 Å². The van der Waals surface area contributed by atoms with Gasteiger partial charge < -0.3 is 4.74 Å². The van der Waals surface area contributed by atoms with Crippen molar-refractivity contribution in [3.05, 3.63) is 0 Å². The van der Waals surface area contributed by atoms with Crippen molar-refractivity contribution in [2.75, 3.05) is 24.7 Å². The third-order valence-corrected chi connectivity index (χ3v) is 4.13. The first-order chi connectivity index (χ1) is 7.70. The van der Waals surface area contributed by atoms with E-state index in [-0.39, 0.29) is 12.0 Å². The van der Waals surface area contributed by atoms with Crippen molar-refractivity contribution >= 4 is 17.7 Å². The molecule has 0 aromatic heterocycles. The topological polar surface area (TPSA) is 29.5 Å². The molecule has 1 aliphatic heterocycles. The molecule has 0 spiro atoms. The molecule has 0 N–H and O–H groups in total. The Labute approximate surface area is 103 Å². The SMILES string of the molecule is CCCC(C(=O)OCC)N1CCSCC1C. The van der Waals surface area contributed by atoms with Crippen LogP contribution in [0.3, 0.4) is 0 Å². The van der Waals surface area contributed by atoms with E-state index in [1.165, 1.54) is 0 Å². The summed E-state index contributed by atoms with van der Waals surface area (Å²) in [5.41, 5.74) is 0. The molecule has 0 aromatic rings. The normalized spacial score (nSPS) is 24.1. The number of carbonyl (C=O) groups excluding carboxylic acids is 1. The van der Waals surface area contributed by atoms with E-state index in [1.807, 2.05) is 18.7 Å². The van der Waals surface area contributed by atoms with Crippen molar-refractivity contribution in [3.63, 3.8) is 0 Å². The number of nitrogens with zero attached hydrogens (tertiary/aromatic N) is 1. The van der Waals surface area contributed by atoms with Crippen LogP contribution in [0.1, 0.15) is 33.6 Å². The Kier molecular flexibility index (Phi) is 6.21.